The number of aliphatic imine (C=N–C) groups is 1. The van der Waals surface area contributed by atoms with Crippen molar-refractivity contribution in [1.82, 2.24) is 0 Å². The van der Waals surface area contributed by atoms with Crippen LogP contribution in [0.4, 0.5) is 0 Å². The van der Waals surface area contributed by atoms with Gasteiger partial charge in [0.2, 0.25) is 0 Å². The molecule has 0 spiro atoms. The molecule has 1 N–H and O–H groups in total. The number of halogens is 1. The molecular formula is C25H20BrNO4S2. The van der Waals surface area contributed by atoms with Crippen LogP contribution in [0.2, 0.25) is 0 Å². The van der Waals surface area contributed by atoms with Crippen molar-refractivity contribution in [3.63, 3.8) is 0 Å². The molecule has 33 heavy (non-hydrogen) atoms. The molecule has 0 aliphatic heterocycles. The minimum Gasteiger partial charge on any atom is -0.506 e. The first-order valence-electron chi connectivity index (χ1n) is 10.2. The topological polar surface area (TPSA) is 79.9 Å². The molecule has 5 nitrogen and oxygen atoms in total. The van der Waals surface area contributed by atoms with Crippen molar-refractivity contribution in [2.24, 2.45) is 4.99 Å². The summed E-state index contributed by atoms with van der Waals surface area (Å²) >= 11 is 6.03. The Labute approximate surface area is 207 Å². The van der Waals surface area contributed by atoms with E-state index in [1.165, 1.54) is 22.7 Å². The average Bonchev–Trinajstić information content (AvgIpc) is 3.57. The maximum absolute atomic E-state index is 12.6. The van der Waals surface area contributed by atoms with Crippen molar-refractivity contribution < 1.29 is 19.1 Å². The molecule has 8 heteroatoms. The fourth-order valence-electron chi connectivity index (χ4n) is 3.22. The molecule has 3 aromatic heterocycles. The van der Waals surface area contributed by atoms with Crippen LogP contribution in [0.5, 0.6) is 5.75 Å². The number of aryl methyl sites for hydroxylation is 1. The first-order valence-corrected chi connectivity index (χ1v) is 12.7. The van der Waals surface area contributed by atoms with Gasteiger partial charge in [0.15, 0.2) is 11.6 Å². The van der Waals surface area contributed by atoms with E-state index in [1.54, 1.807) is 31.4 Å². The first-order chi connectivity index (χ1) is 15.9. The predicted molar refractivity (Wildman–Crippen MR) is 136 cm³/mol. The van der Waals surface area contributed by atoms with Gasteiger partial charge >= 0.3 is 0 Å². The van der Waals surface area contributed by atoms with Crippen LogP contribution in [-0.2, 0) is 6.42 Å². The molecule has 0 aliphatic rings. The number of aromatic hydroxyl groups is 1. The summed E-state index contributed by atoms with van der Waals surface area (Å²) in [6, 6.07) is 14.7. The normalized spacial score (nSPS) is 11.6. The van der Waals surface area contributed by atoms with Crippen molar-refractivity contribution in [3.05, 3.63) is 85.7 Å². The van der Waals surface area contributed by atoms with Crippen molar-refractivity contribution in [2.75, 3.05) is 6.54 Å². The molecule has 0 saturated carbocycles. The third-order valence-electron chi connectivity index (χ3n) is 5.06. The van der Waals surface area contributed by atoms with Gasteiger partial charge < -0.3 is 9.52 Å². The summed E-state index contributed by atoms with van der Waals surface area (Å²) in [6.07, 6.45) is 2.45. The molecule has 168 valence electrons. The Hall–Kier alpha value is -2.81. The minimum absolute atomic E-state index is 0.0150. The van der Waals surface area contributed by atoms with Gasteiger partial charge in [0, 0.05) is 34.0 Å². The molecule has 3 heterocycles. The second-order valence-corrected chi connectivity index (χ2v) is 10.2. The molecule has 0 unspecified atom stereocenters. The average molecular weight is 542 g/mol. The van der Waals surface area contributed by atoms with Crippen LogP contribution in [0, 0.1) is 0 Å². The van der Waals surface area contributed by atoms with Crippen LogP contribution in [0.1, 0.15) is 44.0 Å². The third kappa shape index (κ3) is 5.58. The highest BCUT2D eigenvalue weighted by molar-refractivity contribution is 9.10. The van der Waals surface area contributed by atoms with Crippen LogP contribution < -0.4 is 0 Å². The highest BCUT2D eigenvalue weighted by Crippen LogP contribution is 2.39. The van der Waals surface area contributed by atoms with Gasteiger partial charge in [-0.15, -0.1) is 22.7 Å². The van der Waals surface area contributed by atoms with Gasteiger partial charge in [-0.1, -0.05) is 28.1 Å². The number of carbonyl (C=O) groups excluding carboxylic acids is 2. The van der Waals surface area contributed by atoms with Crippen molar-refractivity contribution in [3.8, 4) is 16.2 Å². The van der Waals surface area contributed by atoms with Crippen LogP contribution in [-0.4, -0.2) is 28.9 Å². The molecule has 1 aromatic carbocycles. The number of Topliss-reactive ketones (excluding diaryl/α,β-unsaturated/α-hetero) is 2. The lowest BCUT2D eigenvalue weighted by atomic mass is 10.1. The van der Waals surface area contributed by atoms with Crippen LogP contribution in [0.3, 0.4) is 0 Å². The van der Waals surface area contributed by atoms with Crippen molar-refractivity contribution >= 4 is 55.9 Å². The Bertz CT molecular complexity index is 1300. The summed E-state index contributed by atoms with van der Waals surface area (Å²) < 4.78 is 6.22. The Morgan fingerprint density at radius 2 is 1.79 bits per heavy atom. The monoisotopic (exact) mass is 541 g/mol. The zero-order valence-electron chi connectivity index (χ0n) is 17.7. The Kier molecular flexibility index (Phi) is 7.37. The Morgan fingerprint density at radius 3 is 2.48 bits per heavy atom. The summed E-state index contributed by atoms with van der Waals surface area (Å²) in [4.78, 5) is 31.2. The number of nitrogens with zero attached hydrogens (tertiary/aromatic N) is 1. The van der Waals surface area contributed by atoms with Crippen molar-refractivity contribution in [2.45, 2.75) is 19.8 Å². The Balaban J connectivity index is 1.39. The van der Waals surface area contributed by atoms with E-state index in [0.29, 0.717) is 33.9 Å². The molecule has 0 fully saturated rings. The maximum atomic E-state index is 12.6. The first kappa shape index (κ1) is 23.4. The lowest BCUT2D eigenvalue weighted by Gasteiger charge is -2.02. The molecule has 0 bridgehead atoms. The van der Waals surface area contributed by atoms with E-state index in [9.17, 15) is 14.7 Å². The molecule has 0 aliphatic carbocycles. The SMILES string of the molecule is CC(=NCC(=O)c1ccc(C(=O)CCc2ccco2)s1)c1csc(-c2ccc(Br)cc2)c1O. The number of hydrogen-bond acceptors (Lipinski definition) is 7. The number of hydrogen-bond donors (Lipinski definition) is 1. The van der Waals surface area contributed by atoms with Crippen LogP contribution in [0.15, 0.2) is 74.1 Å². The summed E-state index contributed by atoms with van der Waals surface area (Å²) in [6.45, 7) is 1.73. The highest BCUT2D eigenvalue weighted by Gasteiger charge is 2.17. The van der Waals surface area contributed by atoms with Crippen molar-refractivity contribution in [1.29, 1.82) is 0 Å². The van der Waals surface area contributed by atoms with E-state index in [4.69, 9.17) is 4.42 Å². The molecular weight excluding hydrogens is 522 g/mol. The highest BCUT2D eigenvalue weighted by atomic mass is 79.9. The number of furan rings is 1. The molecule has 0 radical (unpaired) electrons. The molecule has 0 atom stereocenters. The fraction of sp³-hybridized carbons (Fsp3) is 0.160. The molecule has 0 saturated heterocycles. The lowest BCUT2D eigenvalue weighted by molar-refractivity contribution is 0.0983. The number of thiophene rings is 2. The van der Waals surface area contributed by atoms with E-state index >= 15 is 0 Å². The van der Waals surface area contributed by atoms with E-state index in [2.05, 4.69) is 20.9 Å². The molecule has 0 amide bonds. The summed E-state index contributed by atoms with van der Waals surface area (Å²) in [5.74, 6) is 0.753. The van der Waals surface area contributed by atoms with Gasteiger partial charge in [0.1, 0.15) is 18.1 Å². The van der Waals surface area contributed by atoms with Gasteiger partial charge in [0.25, 0.3) is 0 Å². The number of benzene rings is 1. The molecule has 4 aromatic rings. The number of ketones is 2. The standard InChI is InChI=1S/C25H20BrNO4S2/c1-15(19-14-32-25(24(19)30)16-4-6-17(26)7-5-16)27-13-21(29)23-11-10-22(33-23)20(28)9-8-18-3-2-12-31-18/h2-7,10-12,14,30H,8-9,13H2,1H3. The predicted octanol–water partition coefficient (Wildman–Crippen LogP) is 7.05. The van der Waals surface area contributed by atoms with Crippen LogP contribution in [0.25, 0.3) is 10.4 Å². The van der Waals surface area contributed by atoms with Gasteiger partial charge in [-0.2, -0.15) is 0 Å². The third-order valence-corrected chi connectivity index (χ3v) is 7.77. The largest absolute Gasteiger partial charge is 0.506 e. The van der Waals surface area contributed by atoms with E-state index in [1.807, 2.05) is 35.7 Å². The van der Waals surface area contributed by atoms with Crippen LogP contribution >= 0.6 is 38.6 Å². The van der Waals surface area contributed by atoms with Gasteiger partial charge in [-0.25, -0.2) is 0 Å². The van der Waals surface area contributed by atoms with Gasteiger partial charge in [0.05, 0.1) is 20.9 Å². The maximum Gasteiger partial charge on any atom is 0.194 e. The zero-order chi connectivity index (χ0) is 23.4. The number of rotatable bonds is 9. The number of carbonyl (C=O) groups is 2. The lowest BCUT2D eigenvalue weighted by Crippen LogP contribution is -2.04. The zero-order valence-corrected chi connectivity index (χ0v) is 20.9. The smallest absolute Gasteiger partial charge is 0.194 e. The van der Waals surface area contributed by atoms with Gasteiger partial charge in [-0.3, -0.25) is 14.6 Å². The van der Waals surface area contributed by atoms with Gasteiger partial charge in [-0.05, 0) is 48.9 Å². The van der Waals surface area contributed by atoms with E-state index in [0.717, 1.165) is 20.7 Å². The summed E-state index contributed by atoms with van der Waals surface area (Å²) in [5.41, 5.74) is 2.12. The Morgan fingerprint density at radius 1 is 1.06 bits per heavy atom. The second kappa shape index (κ2) is 10.4. The molecule has 4 rings (SSSR count). The summed E-state index contributed by atoms with van der Waals surface area (Å²) in [7, 11) is 0. The second-order valence-electron chi connectivity index (χ2n) is 7.33. The quantitative estimate of drug-likeness (QED) is 0.182. The summed E-state index contributed by atoms with van der Waals surface area (Å²) in [5, 5.41) is 12.5. The van der Waals surface area contributed by atoms with E-state index < -0.39 is 0 Å². The minimum atomic E-state index is -0.160. The fourth-order valence-corrected chi connectivity index (χ4v) is 5.40. The van der Waals surface area contributed by atoms with E-state index in [-0.39, 0.29) is 23.9 Å².